The Balaban J connectivity index is 0.841. The first-order chi connectivity index (χ1) is 21.4. The van der Waals surface area contributed by atoms with Gasteiger partial charge in [0, 0.05) is 60.7 Å². The topological polar surface area (TPSA) is 167 Å². The molecule has 2 amide bonds. The average Bonchev–Trinajstić information content (AvgIpc) is 3.77. The van der Waals surface area contributed by atoms with E-state index in [1.807, 2.05) is 17.0 Å². The number of amidine groups is 1. The van der Waals surface area contributed by atoms with Crippen molar-refractivity contribution in [3.63, 3.8) is 0 Å². The summed E-state index contributed by atoms with van der Waals surface area (Å²) in [5.74, 6) is 3.11. The Morgan fingerprint density at radius 3 is 2.45 bits per heavy atom. The number of fused-ring (bicyclic) bond motifs is 1. The van der Waals surface area contributed by atoms with E-state index in [1.54, 1.807) is 6.20 Å². The number of rotatable bonds is 8. The molecule has 1 aromatic carbocycles. The average molecular weight is 599 g/mol. The van der Waals surface area contributed by atoms with E-state index in [1.165, 1.54) is 42.5 Å². The molecule has 3 fully saturated rings. The summed E-state index contributed by atoms with van der Waals surface area (Å²) in [6.07, 6.45) is 11.6. The molecule has 0 bridgehead atoms. The normalized spacial score (nSPS) is 23.6. The molecule has 3 heterocycles. The number of H-pyrrole nitrogens is 1. The van der Waals surface area contributed by atoms with Crippen molar-refractivity contribution in [3.05, 3.63) is 58.9 Å². The first-order valence-electron chi connectivity index (χ1n) is 16.1. The van der Waals surface area contributed by atoms with Gasteiger partial charge in [-0.05, 0) is 74.6 Å². The van der Waals surface area contributed by atoms with Crippen molar-refractivity contribution in [1.82, 2.24) is 35.7 Å². The molecule has 3 aliphatic carbocycles. The number of carbonyl (C=O) groups excluding carboxylic acids is 1. The number of aromatic nitrogens is 4. The number of hydrogen-bond donors (Lipinski definition) is 7. The van der Waals surface area contributed by atoms with Gasteiger partial charge in [-0.2, -0.15) is 10.1 Å². The molecule has 232 valence electrons. The Hall–Kier alpha value is -4.19. The summed E-state index contributed by atoms with van der Waals surface area (Å²) >= 11 is 0. The van der Waals surface area contributed by atoms with Crippen LogP contribution in [0.1, 0.15) is 79.7 Å². The standard InChI is InChI=1S/C32H42N10O2/c33-30(42-17-26(43)18-42)21-6-5-20-14-25(15-22(20)13-21)37-32(44)36-24-9-7-23(8-10-24)35-31-34-12-11-28(39-31)38-29-16-27(40-41-29)19-3-1-2-4-19/h5-6,11-13,16,19,23-26,33,43H,1-4,7-10,14-15,17-18H2,(H2,36,37,44)(H3,34,35,38,39,40,41). The molecule has 1 atom stereocenters. The van der Waals surface area contributed by atoms with Gasteiger partial charge in [0.1, 0.15) is 11.7 Å². The number of aliphatic hydroxyl groups excluding tert-OH is 1. The minimum Gasteiger partial charge on any atom is -0.389 e. The molecule has 4 aliphatic rings. The van der Waals surface area contributed by atoms with Crippen molar-refractivity contribution >= 4 is 29.5 Å². The maximum absolute atomic E-state index is 12.9. The van der Waals surface area contributed by atoms with Crippen LogP contribution in [0.2, 0.25) is 0 Å². The lowest BCUT2D eigenvalue weighted by atomic mass is 9.91. The first-order valence-corrected chi connectivity index (χ1v) is 16.1. The number of β-amino-alcohol motifs (C(OH)–C–C–N with tert-alkyl or cyclic N) is 1. The maximum Gasteiger partial charge on any atom is 0.315 e. The SMILES string of the molecule is N=C(c1ccc2c(c1)CC(NC(=O)NC1CCC(Nc3nccc(Nc4cc(C5CCCC5)[nH]n4)n3)CC1)C2)N1CC(O)C1. The molecule has 1 aliphatic heterocycles. The van der Waals surface area contributed by atoms with Crippen molar-refractivity contribution in [2.24, 2.45) is 0 Å². The van der Waals surface area contributed by atoms with Crippen LogP contribution < -0.4 is 21.3 Å². The van der Waals surface area contributed by atoms with E-state index in [9.17, 15) is 9.90 Å². The fraction of sp³-hybridized carbons (Fsp3) is 0.531. The molecule has 0 radical (unpaired) electrons. The predicted octanol–water partition coefficient (Wildman–Crippen LogP) is 3.79. The Morgan fingerprint density at radius 2 is 1.66 bits per heavy atom. The summed E-state index contributed by atoms with van der Waals surface area (Å²) in [5, 5.41) is 38.7. The minimum absolute atomic E-state index is 0.0482. The lowest BCUT2D eigenvalue weighted by molar-refractivity contribution is 0.0465. The molecule has 0 spiro atoms. The molecule has 12 heteroatoms. The Bertz CT molecular complexity index is 1490. The van der Waals surface area contributed by atoms with Crippen LogP contribution in [0.15, 0.2) is 36.5 Å². The number of aromatic amines is 1. The highest BCUT2D eigenvalue weighted by molar-refractivity contribution is 5.97. The zero-order valence-electron chi connectivity index (χ0n) is 25.0. The summed E-state index contributed by atoms with van der Waals surface area (Å²) < 4.78 is 0. The van der Waals surface area contributed by atoms with E-state index in [0.29, 0.717) is 36.6 Å². The second kappa shape index (κ2) is 12.4. The Kier molecular flexibility index (Phi) is 8.07. The predicted molar refractivity (Wildman–Crippen MR) is 168 cm³/mol. The second-order valence-electron chi connectivity index (χ2n) is 12.9. The van der Waals surface area contributed by atoms with Crippen LogP contribution in [-0.2, 0) is 12.8 Å². The van der Waals surface area contributed by atoms with Crippen molar-refractivity contribution in [1.29, 1.82) is 5.41 Å². The van der Waals surface area contributed by atoms with Crippen molar-refractivity contribution in [2.45, 2.75) is 94.4 Å². The van der Waals surface area contributed by atoms with Crippen molar-refractivity contribution < 1.29 is 9.90 Å². The van der Waals surface area contributed by atoms with Gasteiger partial charge in [0.2, 0.25) is 5.95 Å². The van der Waals surface area contributed by atoms with Crippen LogP contribution in [0.5, 0.6) is 0 Å². The summed E-state index contributed by atoms with van der Waals surface area (Å²) in [6, 6.07) is 10.4. The molecule has 2 aromatic heterocycles. The first kappa shape index (κ1) is 28.6. The van der Waals surface area contributed by atoms with Crippen LogP contribution in [0.25, 0.3) is 0 Å². The number of carbonyl (C=O) groups is 1. The van der Waals surface area contributed by atoms with Crippen LogP contribution >= 0.6 is 0 Å². The van der Waals surface area contributed by atoms with Gasteiger partial charge >= 0.3 is 6.03 Å². The number of amides is 2. The van der Waals surface area contributed by atoms with Crippen molar-refractivity contribution in [2.75, 3.05) is 23.7 Å². The smallest absolute Gasteiger partial charge is 0.315 e. The lowest BCUT2D eigenvalue weighted by Crippen LogP contribution is -2.53. The third-order valence-corrected chi connectivity index (χ3v) is 9.63. The molecule has 3 aromatic rings. The molecule has 12 nitrogen and oxygen atoms in total. The fourth-order valence-electron chi connectivity index (χ4n) is 7.14. The van der Waals surface area contributed by atoms with E-state index >= 15 is 0 Å². The van der Waals surface area contributed by atoms with Gasteiger partial charge in [-0.3, -0.25) is 10.5 Å². The molecule has 7 rings (SSSR count). The maximum atomic E-state index is 12.9. The number of aliphatic hydroxyl groups is 1. The zero-order chi connectivity index (χ0) is 30.0. The number of nitrogens with zero attached hydrogens (tertiary/aromatic N) is 4. The molecular formula is C32H42N10O2. The number of hydrogen-bond acceptors (Lipinski definition) is 8. The summed E-state index contributed by atoms with van der Waals surface area (Å²) in [5.41, 5.74) is 4.47. The molecule has 7 N–H and O–H groups in total. The van der Waals surface area contributed by atoms with Gasteiger partial charge in [-0.25, -0.2) is 9.78 Å². The highest BCUT2D eigenvalue weighted by Gasteiger charge is 2.30. The minimum atomic E-state index is -0.334. The van der Waals surface area contributed by atoms with Gasteiger partial charge in [0.25, 0.3) is 0 Å². The summed E-state index contributed by atoms with van der Waals surface area (Å²) in [6.45, 7) is 1.04. The molecular weight excluding hydrogens is 556 g/mol. The van der Waals surface area contributed by atoms with E-state index in [0.717, 1.165) is 49.9 Å². The van der Waals surface area contributed by atoms with Crippen LogP contribution in [0.4, 0.5) is 22.4 Å². The second-order valence-corrected chi connectivity index (χ2v) is 12.9. The van der Waals surface area contributed by atoms with E-state index in [-0.39, 0.29) is 30.3 Å². The number of likely N-dealkylation sites (tertiary alicyclic amines) is 1. The lowest BCUT2D eigenvalue weighted by Gasteiger charge is -2.37. The van der Waals surface area contributed by atoms with Crippen LogP contribution in [0, 0.1) is 5.41 Å². The van der Waals surface area contributed by atoms with E-state index < -0.39 is 0 Å². The fourth-order valence-corrected chi connectivity index (χ4v) is 7.14. The molecule has 2 saturated carbocycles. The molecule has 44 heavy (non-hydrogen) atoms. The number of anilines is 3. The third kappa shape index (κ3) is 6.50. The highest BCUT2D eigenvalue weighted by atomic mass is 16.3. The van der Waals surface area contributed by atoms with Gasteiger partial charge < -0.3 is 31.3 Å². The van der Waals surface area contributed by atoms with Gasteiger partial charge in [-0.1, -0.05) is 25.0 Å². The van der Waals surface area contributed by atoms with Gasteiger partial charge in [0.05, 0.1) is 6.10 Å². The Morgan fingerprint density at radius 1 is 0.909 bits per heavy atom. The third-order valence-electron chi connectivity index (χ3n) is 9.63. The van der Waals surface area contributed by atoms with E-state index in [2.05, 4.69) is 59.6 Å². The molecule has 1 unspecified atom stereocenters. The van der Waals surface area contributed by atoms with Gasteiger partial charge in [0.15, 0.2) is 5.82 Å². The monoisotopic (exact) mass is 598 g/mol. The quantitative estimate of drug-likeness (QED) is 0.152. The largest absolute Gasteiger partial charge is 0.389 e. The highest BCUT2D eigenvalue weighted by Crippen LogP contribution is 2.34. The number of nitrogens with one attached hydrogen (secondary N) is 6. The Labute approximate surface area is 257 Å². The summed E-state index contributed by atoms with van der Waals surface area (Å²) in [4.78, 5) is 23.8. The van der Waals surface area contributed by atoms with Crippen LogP contribution in [-0.4, -0.2) is 79.4 Å². The number of benzene rings is 1. The molecule has 1 saturated heterocycles. The zero-order valence-corrected chi connectivity index (χ0v) is 25.0. The van der Waals surface area contributed by atoms with E-state index in [4.69, 9.17) is 5.41 Å². The van der Waals surface area contributed by atoms with Gasteiger partial charge in [-0.15, -0.1) is 0 Å². The van der Waals surface area contributed by atoms with Crippen LogP contribution in [0.3, 0.4) is 0 Å². The number of urea groups is 1. The van der Waals surface area contributed by atoms with Crippen molar-refractivity contribution in [3.8, 4) is 0 Å². The summed E-state index contributed by atoms with van der Waals surface area (Å²) in [7, 11) is 0.